The first-order valence-corrected chi connectivity index (χ1v) is 6.37. The van der Waals surface area contributed by atoms with Crippen molar-refractivity contribution in [1.82, 2.24) is 5.32 Å². The van der Waals surface area contributed by atoms with Crippen molar-refractivity contribution in [2.24, 2.45) is 0 Å². The van der Waals surface area contributed by atoms with Gasteiger partial charge in [0, 0.05) is 18.8 Å². The molecule has 2 aromatic rings. The van der Waals surface area contributed by atoms with E-state index in [9.17, 15) is 4.79 Å². The molecule has 20 heavy (non-hydrogen) atoms. The first-order chi connectivity index (χ1) is 9.49. The second kappa shape index (κ2) is 5.65. The minimum atomic E-state index is -0.204. The number of rotatable bonds is 3. The maximum Gasteiger partial charge on any atom is 0.254 e. The quantitative estimate of drug-likeness (QED) is 0.842. The zero-order valence-electron chi connectivity index (χ0n) is 11.9. The van der Waals surface area contributed by atoms with Crippen molar-refractivity contribution in [3.8, 4) is 11.5 Å². The van der Waals surface area contributed by atoms with Crippen molar-refractivity contribution >= 4 is 11.6 Å². The van der Waals surface area contributed by atoms with Gasteiger partial charge in [0.15, 0.2) is 0 Å². The first kappa shape index (κ1) is 13.9. The lowest BCUT2D eigenvalue weighted by atomic mass is 10.1. The number of amides is 1. The highest BCUT2D eigenvalue weighted by molar-refractivity contribution is 5.97. The van der Waals surface area contributed by atoms with Crippen molar-refractivity contribution < 1.29 is 9.53 Å². The minimum absolute atomic E-state index is 0.204. The molecular formula is C16H18N2O2. The smallest absolute Gasteiger partial charge is 0.254 e. The summed E-state index contributed by atoms with van der Waals surface area (Å²) in [5.41, 5.74) is 8.99. The van der Waals surface area contributed by atoms with Gasteiger partial charge < -0.3 is 15.8 Å². The fraction of sp³-hybridized carbons (Fsp3) is 0.188. The van der Waals surface area contributed by atoms with Gasteiger partial charge in [0.25, 0.3) is 5.91 Å². The number of benzene rings is 2. The SMILES string of the molecule is CNC(=O)c1ccc(N)cc1Oc1cc(C)cc(C)c1. The van der Waals surface area contributed by atoms with Crippen molar-refractivity contribution in [2.45, 2.75) is 13.8 Å². The fourth-order valence-corrected chi connectivity index (χ4v) is 2.06. The minimum Gasteiger partial charge on any atom is -0.456 e. The van der Waals surface area contributed by atoms with Crippen LogP contribution in [0.15, 0.2) is 36.4 Å². The summed E-state index contributed by atoms with van der Waals surface area (Å²) in [5, 5.41) is 2.59. The molecule has 0 heterocycles. The van der Waals surface area contributed by atoms with Crippen molar-refractivity contribution in [3.63, 3.8) is 0 Å². The predicted molar refractivity (Wildman–Crippen MR) is 80.2 cm³/mol. The monoisotopic (exact) mass is 270 g/mol. The normalized spacial score (nSPS) is 10.2. The molecule has 1 amide bonds. The van der Waals surface area contributed by atoms with E-state index in [1.165, 1.54) is 0 Å². The van der Waals surface area contributed by atoms with Crippen LogP contribution < -0.4 is 15.8 Å². The number of carbonyl (C=O) groups is 1. The molecule has 0 aliphatic heterocycles. The zero-order chi connectivity index (χ0) is 14.7. The van der Waals surface area contributed by atoms with Gasteiger partial charge >= 0.3 is 0 Å². The molecule has 104 valence electrons. The topological polar surface area (TPSA) is 64.4 Å². The molecule has 4 heteroatoms. The highest BCUT2D eigenvalue weighted by atomic mass is 16.5. The largest absolute Gasteiger partial charge is 0.456 e. The molecule has 0 unspecified atom stereocenters. The van der Waals surface area contributed by atoms with E-state index in [2.05, 4.69) is 11.4 Å². The van der Waals surface area contributed by atoms with E-state index in [1.54, 1.807) is 25.2 Å². The van der Waals surface area contributed by atoms with Gasteiger partial charge in [-0.05, 0) is 49.2 Å². The first-order valence-electron chi connectivity index (χ1n) is 6.37. The lowest BCUT2D eigenvalue weighted by Crippen LogP contribution is -2.18. The maximum absolute atomic E-state index is 11.8. The number of nitrogen functional groups attached to an aromatic ring is 1. The highest BCUT2D eigenvalue weighted by Gasteiger charge is 2.12. The molecule has 0 bridgehead atoms. The van der Waals surface area contributed by atoms with Crippen LogP contribution in [0, 0.1) is 13.8 Å². The number of hydrogen-bond acceptors (Lipinski definition) is 3. The Morgan fingerprint density at radius 3 is 2.35 bits per heavy atom. The Balaban J connectivity index is 2.41. The summed E-state index contributed by atoms with van der Waals surface area (Å²) < 4.78 is 5.83. The molecule has 4 nitrogen and oxygen atoms in total. The molecule has 0 aliphatic rings. The van der Waals surface area contributed by atoms with Gasteiger partial charge in [0.05, 0.1) is 5.56 Å². The highest BCUT2D eigenvalue weighted by Crippen LogP contribution is 2.28. The van der Waals surface area contributed by atoms with Crippen LogP contribution in [0.2, 0.25) is 0 Å². The third kappa shape index (κ3) is 3.09. The Labute approximate surface area is 118 Å². The molecule has 2 rings (SSSR count). The Morgan fingerprint density at radius 2 is 1.75 bits per heavy atom. The van der Waals surface area contributed by atoms with Crippen molar-refractivity contribution in [2.75, 3.05) is 12.8 Å². The van der Waals surface area contributed by atoms with Crippen LogP contribution in [-0.4, -0.2) is 13.0 Å². The van der Waals surface area contributed by atoms with E-state index in [-0.39, 0.29) is 5.91 Å². The Hall–Kier alpha value is -2.49. The molecule has 0 saturated carbocycles. The van der Waals surface area contributed by atoms with Gasteiger partial charge in [0.2, 0.25) is 0 Å². The van der Waals surface area contributed by atoms with E-state index in [0.717, 1.165) is 11.1 Å². The van der Waals surface area contributed by atoms with Gasteiger partial charge in [-0.2, -0.15) is 0 Å². The number of nitrogens with two attached hydrogens (primary N) is 1. The molecule has 0 radical (unpaired) electrons. The molecule has 0 fully saturated rings. The number of ether oxygens (including phenoxy) is 1. The molecule has 0 aliphatic carbocycles. The Morgan fingerprint density at radius 1 is 1.10 bits per heavy atom. The number of nitrogens with one attached hydrogen (secondary N) is 1. The summed E-state index contributed by atoms with van der Waals surface area (Å²) >= 11 is 0. The average Bonchev–Trinajstić information content (AvgIpc) is 2.37. The number of carbonyl (C=O) groups excluding carboxylic acids is 1. The Kier molecular flexibility index (Phi) is 3.94. The number of anilines is 1. The van der Waals surface area contributed by atoms with Crippen LogP contribution >= 0.6 is 0 Å². The Bertz CT molecular complexity index is 631. The van der Waals surface area contributed by atoms with E-state index >= 15 is 0 Å². The van der Waals surface area contributed by atoms with Gasteiger partial charge in [0.1, 0.15) is 11.5 Å². The fourth-order valence-electron chi connectivity index (χ4n) is 2.06. The van der Waals surface area contributed by atoms with Crippen LogP contribution in [0.5, 0.6) is 11.5 Å². The van der Waals surface area contributed by atoms with E-state index in [0.29, 0.717) is 22.7 Å². The summed E-state index contributed by atoms with van der Waals surface area (Å²) in [6.45, 7) is 4.00. The van der Waals surface area contributed by atoms with E-state index < -0.39 is 0 Å². The lowest BCUT2D eigenvalue weighted by Gasteiger charge is -2.12. The molecule has 3 N–H and O–H groups in total. The molecule has 0 aromatic heterocycles. The van der Waals surface area contributed by atoms with Crippen LogP contribution in [0.4, 0.5) is 5.69 Å². The van der Waals surface area contributed by atoms with E-state index in [1.807, 2.05) is 26.0 Å². The van der Waals surface area contributed by atoms with Crippen LogP contribution in [-0.2, 0) is 0 Å². The van der Waals surface area contributed by atoms with Crippen molar-refractivity contribution in [1.29, 1.82) is 0 Å². The van der Waals surface area contributed by atoms with Crippen molar-refractivity contribution in [3.05, 3.63) is 53.1 Å². The van der Waals surface area contributed by atoms with Gasteiger partial charge in [-0.1, -0.05) is 6.07 Å². The maximum atomic E-state index is 11.8. The lowest BCUT2D eigenvalue weighted by molar-refractivity contribution is 0.0961. The molecule has 2 aromatic carbocycles. The van der Waals surface area contributed by atoms with Crippen LogP contribution in [0.25, 0.3) is 0 Å². The predicted octanol–water partition coefficient (Wildman–Crippen LogP) is 3.04. The number of aryl methyl sites for hydroxylation is 2. The third-order valence-corrected chi connectivity index (χ3v) is 2.90. The standard InChI is InChI=1S/C16H18N2O2/c1-10-6-11(2)8-13(7-10)20-15-9-12(17)4-5-14(15)16(19)18-3/h4-9H,17H2,1-3H3,(H,18,19). The summed E-state index contributed by atoms with van der Waals surface area (Å²) in [4.78, 5) is 11.8. The van der Waals surface area contributed by atoms with E-state index in [4.69, 9.17) is 10.5 Å². The second-order valence-electron chi connectivity index (χ2n) is 4.76. The van der Waals surface area contributed by atoms with Crippen LogP contribution in [0.1, 0.15) is 21.5 Å². The molecule has 0 spiro atoms. The second-order valence-corrected chi connectivity index (χ2v) is 4.76. The van der Waals surface area contributed by atoms with Gasteiger partial charge in [-0.3, -0.25) is 4.79 Å². The summed E-state index contributed by atoms with van der Waals surface area (Å²) in [7, 11) is 1.58. The molecule has 0 saturated heterocycles. The summed E-state index contributed by atoms with van der Waals surface area (Å²) in [5.74, 6) is 0.942. The zero-order valence-corrected chi connectivity index (χ0v) is 11.9. The van der Waals surface area contributed by atoms with Crippen LogP contribution in [0.3, 0.4) is 0 Å². The summed E-state index contributed by atoms with van der Waals surface area (Å²) in [6, 6.07) is 10.9. The molecule has 0 atom stereocenters. The van der Waals surface area contributed by atoms with Gasteiger partial charge in [-0.15, -0.1) is 0 Å². The molecular weight excluding hydrogens is 252 g/mol. The number of hydrogen-bond donors (Lipinski definition) is 2. The average molecular weight is 270 g/mol. The third-order valence-electron chi connectivity index (χ3n) is 2.90. The van der Waals surface area contributed by atoms with Gasteiger partial charge in [-0.25, -0.2) is 0 Å². The summed E-state index contributed by atoms with van der Waals surface area (Å²) in [6.07, 6.45) is 0.